The van der Waals surface area contributed by atoms with Crippen LogP contribution in [0.25, 0.3) is 0 Å². The standard InChI is InChI=1S/C20H25IN2O2/c1-15-12-23(9-8-22-15)13-17-10-18(21)20(19(11-17)24-2)25-14-16-6-4-3-5-7-16/h3-7,10-11,15,22H,8-9,12-14H2,1-2H3. The summed E-state index contributed by atoms with van der Waals surface area (Å²) in [5.74, 6) is 1.63. The summed E-state index contributed by atoms with van der Waals surface area (Å²) >= 11 is 2.34. The van der Waals surface area contributed by atoms with Crippen LogP contribution in [-0.4, -0.2) is 37.7 Å². The first-order valence-corrected chi connectivity index (χ1v) is 9.72. The van der Waals surface area contributed by atoms with Crippen molar-refractivity contribution in [1.29, 1.82) is 0 Å². The number of hydrogen-bond acceptors (Lipinski definition) is 4. The van der Waals surface area contributed by atoms with Crippen LogP contribution in [0.1, 0.15) is 18.1 Å². The first-order chi connectivity index (χ1) is 12.2. The molecule has 1 aliphatic rings. The van der Waals surface area contributed by atoms with Crippen molar-refractivity contribution in [2.24, 2.45) is 0 Å². The van der Waals surface area contributed by atoms with Crippen LogP contribution in [0.5, 0.6) is 11.5 Å². The van der Waals surface area contributed by atoms with Crippen LogP contribution in [0.15, 0.2) is 42.5 Å². The Kier molecular flexibility index (Phi) is 6.56. The molecule has 4 nitrogen and oxygen atoms in total. The van der Waals surface area contributed by atoms with Crippen molar-refractivity contribution in [3.63, 3.8) is 0 Å². The smallest absolute Gasteiger partial charge is 0.174 e. The molecule has 0 saturated carbocycles. The third kappa shape index (κ3) is 5.09. The molecule has 1 unspecified atom stereocenters. The summed E-state index contributed by atoms with van der Waals surface area (Å²) in [6.07, 6.45) is 0. The first-order valence-electron chi connectivity index (χ1n) is 8.64. The lowest BCUT2D eigenvalue weighted by molar-refractivity contribution is 0.199. The number of piperazine rings is 1. The minimum atomic E-state index is 0.544. The zero-order valence-corrected chi connectivity index (χ0v) is 17.0. The Bertz CT molecular complexity index is 694. The van der Waals surface area contributed by atoms with Gasteiger partial charge in [-0.2, -0.15) is 0 Å². The molecule has 0 amide bonds. The maximum Gasteiger partial charge on any atom is 0.174 e. The Balaban J connectivity index is 1.71. The molecule has 1 aliphatic heterocycles. The van der Waals surface area contributed by atoms with Crippen molar-refractivity contribution < 1.29 is 9.47 Å². The average Bonchev–Trinajstić information content (AvgIpc) is 2.61. The summed E-state index contributed by atoms with van der Waals surface area (Å²) in [6, 6.07) is 15.1. The van der Waals surface area contributed by atoms with E-state index in [1.54, 1.807) is 7.11 Å². The molecule has 25 heavy (non-hydrogen) atoms. The van der Waals surface area contributed by atoms with E-state index in [2.05, 4.69) is 64.0 Å². The number of nitrogens with zero attached hydrogens (tertiary/aromatic N) is 1. The second kappa shape index (κ2) is 8.87. The summed E-state index contributed by atoms with van der Waals surface area (Å²) in [6.45, 7) is 6.92. The molecule has 0 radical (unpaired) electrons. The molecule has 2 aromatic rings. The van der Waals surface area contributed by atoms with E-state index in [1.807, 2.05) is 18.2 Å². The average molecular weight is 452 g/mol. The number of hydrogen-bond donors (Lipinski definition) is 1. The van der Waals surface area contributed by atoms with Gasteiger partial charge in [-0.15, -0.1) is 0 Å². The maximum absolute atomic E-state index is 6.05. The number of benzene rings is 2. The van der Waals surface area contributed by atoms with Gasteiger partial charge in [0.2, 0.25) is 0 Å². The van der Waals surface area contributed by atoms with Crippen molar-refractivity contribution >= 4 is 22.6 Å². The van der Waals surface area contributed by atoms with Crippen LogP contribution in [0.2, 0.25) is 0 Å². The van der Waals surface area contributed by atoms with Gasteiger partial charge in [0.05, 0.1) is 10.7 Å². The summed E-state index contributed by atoms with van der Waals surface area (Å²) in [5, 5.41) is 3.49. The van der Waals surface area contributed by atoms with Crippen molar-refractivity contribution in [2.75, 3.05) is 26.7 Å². The first kappa shape index (κ1) is 18.5. The molecule has 0 aliphatic carbocycles. The Morgan fingerprint density at radius 3 is 2.72 bits per heavy atom. The SMILES string of the molecule is COc1cc(CN2CCNC(C)C2)cc(I)c1OCc1ccccc1. The zero-order chi connectivity index (χ0) is 17.6. The van der Waals surface area contributed by atoms with Gasteiger partial charge in [-0.3, -0.25) is 4.90 Å². The normalized spacial score (nSPS) is 18.1. The van der Waals surface area contributed by atoms with E-state index in [-0.39, 0.29) is 0 Å². The van der Waals surface area contributed by atoms with E-state index < -0.39 is 0 Å². The predicted octanol–water partition coefficient (Wildman–Crippen LogP) is 3.67. The van der Waals surface area contributed by atoms with E-state index in [0.717, 1.165) is 46.8 Å². The molecule has 0 spiro atoms. The van der Waals surface area contributed by atoms with E-state index in [1.165, 1.54) is 5.56 Å². The highest BCUT2D eigenvalue weighted by molar-refractivity contribution is 14.1. The topological polar surface area (TPSA) is 33.7 Å². The molecule has 1 heterocycles. The second-order valence-electron chi connectivity index (χ2n) is 6.47. The third-order valence-corrected chi connectivity index (χ3v) is 5.18. The largest absolute Gasteiger partial charge is 0.493 e. The fourth-order valence-electron chi connectivity index (χ4n) is 3.15. The maximum atomic E-state index is 6.05. The zero-order valence-electron chi connectivity index (χ0n) is 14.8. The Hall–Kier alpha value is -1.31. The lowest BCUT2D eigenvalue weighted by Gasteiger charge is -2.32. The van der Waals surface area contributed by atoms with Gasteiger partial charge < -0.3 is 14.8 Å². The van der Waals surface area contributed by atoms with Gasteiger partial charge in [-0.1, -0.05) is 30.3 Å². The third-order valence-electron chi connectivity index (χ3n) is 4.37. The molecule has 1 N–H and O–H groups in total. The molecule has 0 aromatic heterocycles. The van der Waals surface area contributed by atoms with Gasteiger partial charge in [0.1, 0.15) is 6.61 Å². The molecule has 0 bridgehead atoms. The number of rotatable bonds is 6. The van der Waals surface area contributed by atoms with Crippen LogP contribution in [0, 0.1) is 3.57 Å². The second-order valence-corrected chi connectivity index (χ2v) is 7.64. The Labute approximate surface area is 163 Å². The van der Waals surface area contributed by atoms with E-state index in [9.17, 15) is 0 Å². The van der Waals surface area contributed by atoms with Gasteiger partial charge in [-0.05, 0) is 52.8 Å². The molecular formula is C20H25IN2O2. The predicted molar refractivity (Wildman–Crippen MR) is 109 cm³/mol. The molecule has 2 aromatic carbocycles. The number of halogens is 1. The molecule has 3 rings (SSSR count). The Morgan fingerprint density at radius 1 is 1.20 bits per heavy atom. The monoisotopic (exact) mass is 452 g/mol. The van der Waals surface area contributed by atoms with Gasteiger partial charge in [0.25, 0.3) is 0 Å². The Morgan fingerprint density at radius 2 is 2.00 bits per heavy atom. The minimum absolute atomic E-state index is 0.544. The summed E-state index contributed by atoms with van der Waals surface area (Å²) in [7, 11) is 1.71. The highest BCUT2D eigenvalue weighted by atomic mass is 127. The van der Waals surface area contributed by atoms with Crippen molar-refractivity contribution in [2.45, 2.75) is 26.1 Å². The summed E-state index contributed by atoms with van der Waals surface area (Å²) < 4.78 is 12.7. The summed E-state index contributed by atoms with van der Waals surface area (Å²) in [4.78, 5) is 2.48. The number of nitrogens with one attached hydrogen (secondary N) is 1. The highest BCUT2D eigenvalue weighted by Crippen LogP contribution is 2.35. The molecule has 1 saturated heterocycles. The van der Waals surface area contributed by atoms with Crippen molar-refractivity contribution in [3.8, 4) is 11.5 Å². The van der Waals surface area contributed by atoms with E-state index >= 15 is 0 Å². The summed E-state index contributed by atoms with van der Waals surface area (Å²) in [5.41, 5.74) is 2.42. The fraction of sp³-hybridized carbons (Fsp3) is 0.400. The van der Waals surface area contributed by atoms with Gasteiger partial charge >= 0.3 is 0 Å². The van der Waals surface area contributed by atoms with Crippen LogP contribution in [0.4, 0.5) is 0 Å². The minimum Gasteiger partial charge on any atom is -0.493 e. The van der Waals surface area contributed by atoms with Gasteiger partial charge in [0, 0.05) is 32.2 Å². The molecule has 134 valence electrons. The van der Waals surface area contributed by atoms with Crippen molar-refractivity contribution in [3.05, 3.63) is 57.2 Å². The number of methoxy groups -OCH3 is 1. The lowest BCUT2D eigenvalue weighted by atomic mass is 10.1. The molecule has 1 atom stereocenters. The molecular weight excluding hydrogens is 427 g/mol. The van der Waals surface area contributed by atoms with E-state index in [4.69, 9.17) is 9.47 Å². The van der Waals surface area contributed by atoms with Gasteiger partial charge in [0.15, 0.2) is 11.5 Å². The van der Waals surface area contributed by atoms with E-state index in [0.29, 0.717) is 12.6 Å². The quantitative estimate of drug-likeness (QED) is 0.679. The van der Waals surface area contributed by atoms with Crippen LogP contribution in [0.3, 0.4) is 0 Å². The van der Waals surface area contributed by atoms with Gasteiger partial charge in [-0.25, -0.2) is 0 Å². The number of ether oxygens (including phenoxy) is 2. The fourth-order valence-corrected chi connectivity index (χ4v) is 3.97. The van der Waals surface area contributed by atoms with Crippen LogP contribution < -0.4 is 14.8 Å². The highest BCUT2D eigenvalue weighted by Gasteiger charge is 2.18. The van der Waals surface area contributed by atoms with Crippen molar-refractivity contribution in [1.82, 2.24) is 10.2 Å². The van der Waals surface area contributed by atoms with Crippen LogP contribution in [-0.2, 0) is 13.2 Å². The van der Waals surface area contributed by atoms with Crippen LogP contribution >= 0.6 is 22.6 Å². The molecule has 1 fully saturated rings. The molecule has 5 heteroatoms. The lowest BCUT2D eigenvalue weighted by Crippen LogP contribution is -2.48.